The first-order valence-corrected chi connectivity index (χ1v) is 18.9. The molecule has 1 amide bonds. The zero-order valence-electron chi connectivity index (χ0n) is 31.6. The monoisotopic (exact) mass is 738 g/mol. The van der Waals surface area contributed by atoms with E-state index in [1.165, 1.54) is 12.0 Å². The third-order valence-corrected chi connectivity index (χ3v) is 12.7. The molecule has 12 heteroatoms. The smallest absolute Gasteiger partial charge is 0.291 e. The third-order valence-electron chi connectivity index (χ3n) is 12.3. The first-order valence-electron chi connectivity index (χ1n) is 18.6. The van der Waals surface area contributed by atoms with E-state index in [-0.39, 0.29) is 16.7 Å². The second kappa shape index (κ2) is 14.5. The van der Waals surface area contributed by atoms with Gasteiger partial charge in [0.15, 0.2) is 11.6 Å². The SMILES string of the molecule is C=C(Nc1cccc(-c2cccc(NC(=O)c3nc4c(n3C)CCN(C)C4)c2C)c1Cl)c1nc2c(n1C)CCN(CC13CCC(C=O)(CC1)C3)C2.CO. The van der Waals surface area contributed by atoms with Gasteiger partial charge in [0, 0.05) is 94.8 Å². The summed E-state index contributed by atoms with van der Waals surface area (Å²) < 4.78 is 4.08. The average Bonchev–Trinajstić information content (AvgIpc) is 3.90. The molecular weight excluding hydrogens is 688 g/mol. The van der Waals surface area contributed by atoms with Crippen molar-refractivity contribution in [3.8, 4) is 11.1 Å². The molecular formula is C41H51ClN8O3. The van der Waals surface area contributed by atoms with Crippen LogP contribution in [0.3, 0.4) is 0 Å². The Morgan fingerprint density at radius 2 is 1.51 bits per heavy atom. The van der Waals surface area contributed by atoms with Gasteiger partial charge in [0.25, 0.3) is 5.91 Å². The third kappa shape index (κ3) is 6.73. The number of benzene rings is 2. The molecule has 2 aromatic heterocycles. The van der Waals surface area contributed by atoms with Crippen molar-refractivity contribution in [1.82, 2.24) is 28.9 Å². The number of nitrogens with one attached hydrogen (secondary N) is 2. The number of anilines is 2. The van der Waals surface area contributed by atoms with Crippen molar-refractivity contribution in [3.63, 3.8) is 0 Å². The van der Waals surface area contributed by atoms with Crippen LogP contribution in [-0.2, 0) is 44.8 Å². The Bertz CT molecular complexity index is 2070. The fourth-order valence-electron chi connectivity index (χ4n) is 9.37. The van der Waals surface area contributed by atoms with E-state index in [1.807, 2.05) is 54.9 Å². The van der Waals surface area contributed by atoms with Crippen LogP contribution in [0.1, 0.15) is 76.9 Å². The number of carbonyl (C=O) groups is 2. The summed E-state index contributed by atoms with van der Waals surface area (Å²) in [4.78, 5) is 39.9. The predicted molar refractivity (Wildman–Crippen MR) is 210 cm³/mol. The van der Waals surface area contributed by atoms with Gasteiger partial charge >= 0.3 is 0 Å². The zero-order chi connectivity index (χ0) is 37.7. The summed E-state index contributed by atoms with van der Waals surface area (Å²) in [5.41, 5.74) is 9.47. The molecule has 4 aliphatic rings. The Hall–Kier alpha value is -4.29. The molecule has 2 aromatic carbocycles. The summed E-state index contributed by atoms with van der Waals surface area (Å²) in [6.45, 7) is 10.9. The molecule has 2 saturated carbocycles. The molecule has 2 bridgehead atoms. The highest BCUT2D eigenvalue weighted by Gasteiger charge is 2.54. The van der Waals surface area contributed by atoms with Crippen molar-refractivity contribution in [3.05, 3.63) is 88.0 Å². The Labute approximate surface area is 317 Å². The van der Waals surface area contributed by atoms with E-state index in [9.17, 15) is 9.59 Å². The van der Waals surface area contributed by atoms with E-state index in [4.69, 9.17) is 26.7 Å². The number of imidazole rings is 2. The van der Waals surface area contributed by atoms with Gasteiger partial charge in [0.1, 0.15) is 6.29 Å². The summed E-state index contributed by atoms with van der Waals surface area (Å²) >= 11 is 7.12. The predicted octanol–water partition coefficient (Wildman–Crippen LogP) is 6.22. The average molecular weight is 739 g/mol. The minimum Gasteiger partial charge on any atom is -0.400 e. The van der Waals surface area contributed by atoms with Crippen LogP contribution in [0.5, 0.6) is 0 Å². The van der Waals surface area contributed by atoms with Crippen molar-refractivity contribution >= 4 is 40.9 Å². The normalized spacial score (nSPS) is 22.1. The molecule has 0 unspecified atom stereocenters. The highest BCUT2D eigenvalue weighted by Crippen LogP contribution is 2.61. The van der Waals surface area contributed by atoms with Crippen LogP contribution in [0, 0.1) is 17.8 Å². The number of carbonyl (C=O) groups excluding carboxylic acids is 2. The largest absolute Gasteiger partial charge is 0.400 e. The molecule has 2 aliphatic heterocycles. The van der Waals surface area contributed by atoms with Crippen LogP contribution in [0.4, 0.5) is 11.4 Å². The summed E-state index contributed by atoms with van der Waals surface area (Å²) in [7, 11) is 7.05. The molecule has 8 rings (SSSR count). The molecule has 4 aromatic rings. The topological polar surface area (TPSA) is 121 Å². The molecule has 0 radical (unpaired) electrons. The van der Waals surface area contributed by atoms with Gasteiger partial charge in [-0.25, -0.2) is 9.97 Å². The van der Waals surface area contributed by atoms with Crippen molar-refractivity contribution in [2.45, 2.75) is 65.0 Å². The molecule has 2 fully saturated rings. The van der Waals surface area contributed by atoms with Gasteiger partial charge in [-0.3, -0.25) is 9.69 Å². The van der Waals surface area contributed by atoms with E-state index in [0.717, 1.165) is 130 Å². The molecule has 11 nitrogen and oxygen atoms in total. The zero-order valence-corrected chi connectivity index (χ0v) is 32.3. The first-order chi connectivity index (χ1) is 25.5. The molecule has 0 atom stereocenters. The number of nitrogens with zero attached hydrogens (tertiary/aromatic N) is 6. The standard InChI is InChI=1S/C40H47ClN8O2.CH4O/c1-25-27(8-6-10-29(25)45-38(51)37-44-31-20-46(3)18-12-33(31)48(37)5)28-9-7-11-30(35(28)41)42-26(2)36-43-32-21-49(19-13-34(32)47(36)4)23-39-14-16-40(22-39,24-50)17-15-39;1-2/h6-11,24,42H,2,12-23H2,1,3-5H3,(H,45,51);2H,1H3. The molecule has 4 heterocycles. The molecule has 280 valence electrons. The number of aliphatic hydroxyl groups excluding tert-OH is 1. The van der Waals surface area contributed by atoms with Crippen LogP contribution in [0.25, 0.3) is 16.8 Å². The van der Waals surface area contributed by atoms with Crippen LogP contribution in [-0.4, -0.2) is 80.0 Å². The number of aliphatic hydroxyl groups is 1. The molecule has 53 heavy (non-hydrogen) atoms. The maximum Gasteiger partial charge on any atom is 0.291 e. The number of halogens is 1. The second-order valence-corrected chi connectivity index (χ2v) is 16.0. The Balaban J connectivity index is 0.00000214. The lowest BCUT2D eigenvalue weighted by molar-refractivity contribution is -0.115. The van der Waals surface area contributed by atoms with Crippen molar-refractivity contribution in [1.29, 1.82) is 0 Å². The Morgan fingerprint density at radius 1 is 0.887 bits per heavy atom. The van der Waals surface area contributed by atoms with Gasteiger partial charge in [-0.15, -0.1) is 0 Å². The van der Waals surface area contributed by atoms with Crippen LogP contribution in [0.2, 0.25) is 5.02 Å². The van der Waals surface area contributed by atoms with E-state index in [0.29, 0.717) is 22.2 Å². The van der Waals surface area contributed by atoms with Crippen LogP contribution < -0.4 is 10.6 Å². The number of fused-ring (bicyclic) bond motifs is 4. The van der Waals surface area contributed by atoms with Crippen molar-refractivity contribution in [2.24, 2.45) is 24.9 Å². The Kier molecular flexibility index (Phi) is 10.1. The van der Waals surface area contributed by atoms with E-state index in [1.54, 1.807) is 0 Å². The number of rotatable bonds is 9. The number of amides is 1. The maximum absolute atomic E-state index is 13.5. The number of aldehydes is 1. The minimum absolute atomic E-state index is 0.0596. The lowest BCUT2D eigenvalue weighted by Crippen LogP contribution is -2.39. The van der Waals surface area contributed by atoms with Gasteiger partial charge in [0.2, 0.25) is 0 Å². The number of aromatic nitrogens is 4. The van der Waals surface area contributed by atoms with Crippen molar-refractivity contribution < 1.29 is 14.7 Å². The van der Waals surface area contributed by atoms with Gasteiger partial charge < -0.3 is 34.6 Å². The highest BCUT2D eigenvalue weighted by molar-refractivity contribution is 6.36. The Morgan fingerprint density at radius 3 is 2.21 bits per heavy atom. The van der Waals surface area contributed by atoms with Crippen molar-refractivity contribution in [2.75, 3.05) is 44.4 Å². The van der Waals surface area contributed by atoms with E-state index >= 15 is 0 Å². The van der Waals surface area contributed by atoms with Crippen LogP contribution >= 0.6 is 11.6 Å². The maximum atomic E-state index is 13.5. The second-order valence-electron chi connectivity index (χ2n) is 15.6. The minimum atomic E-state index is -0.231. The molecule has 2 aliphatic carbocycles. The summed E-state index contributed by atoms with van der Waals surface area (Å²) in [6, 6.07) is 11.8. The first kappa shape index (κ1) is 37.0. The molecule has 3 N–H and O–H groups in total. The summed E-state index contributed by atoms with van der Waals surface area (Å²) in [5, 5.41) is 14.1. The van der Waals surface area contributed by atoms with E-state index in [2.05, 4.69) is 45.7 Å². The quantitative estimate of drug-likeness (QED) is 0.173. The lowest BCUT2D eigenvalue weighted by Gasteiger charge is -2.35. The fraction of sp³-hybridized carbons (Fsp3) is 0.463. The highest BCUT2D eigenvalue weighted by atomic mass is 35.5. The number of hydrogen-bond donors (Lipinski definition) is 3. The summed E-state index contributed by atoms with van der Waals surface area (Å²) in [5.74, 6) is 0.983. The van der Waals surface area contributed by atoms with Gasteiger partial charge in [-0.05, 0) is 74.8 Å². The van der Waals surface area contributed by atoms with Crippen LogP contribution in [0.15, 0.2) is 43.0 Å². The lowest BCUT2D eigenvalue weighted by atomic mass is 9.82. The number of hydrogen-bond acceptors (Lipinski definition) is 8. The fourth-order valence-corrected chi connectivity index (χ4v) is 9.65. The van der Waals surface area contributed by atoms with E-state index < -0.39 is 0 Å². The van der Waals surface area contributed by atoms with Gasteiger partial charge in [0.05, 0.1) is 27.8 Å². The van der Waals surface area contributed by atoms with Gasteiger partial charge in [-0.2, -0.15) is 0 Å². The summed E-state index contributed by atoms with van der Waals surface area (Å²) in [6.07, 6.45) is 8.51. The molecule has 0 spiro atoms. The molecule has 0 saturated heterocycles. The van der Waals surface area contributed by atoms with Gasteiger partial charge in [-0.1, -0.05) is 42.4 Å². The number of likely N-dealkylation sites (N-methyl/N-ethyl adjacent to an activating group) is 1.